The van der Waals surface area contributed by atoms with Gasteiger partial charge in [0.25, 0.3) is 10.0 Å². The molecule has 10 heteroatoms. The molecule has 0 atom stereocenters. The lowest BCUT2D eigenvalue weighted by Crippen LogP contribution is -2.14. The van der Waals surface area contributed by atoms with Crippen LogP contribution in [0.2, 0.25) is 0 Å². The minimum atomic E-state index is -4.01. The zero-order valence-electron chi connectivity index (χ0n) is 18.5. The molecule has 172 valence electrons. The van der Waals surface area contributed by atoms with Gasteiger partial charge in [-0.15, -0.1) is 0 Å². The summed E-state index contributed by atoms with van der Waals surface area (Å²) in [6, 6.07) is 11.8. The number of nitrogens with zero attached hydrogens (tertiary/aromatic N) is 2. The number of sulfonamides is 1. The van der Waals surface area contributed by atoms with Crippen LogP contribution in [0.4, 0.5) is 11.5 Å². The number of aryl methyl sites for hydroxylation is 2. The topological polar surface area (TPSA) is 119 Å². The number of ether oxygens (including phenoxy) is 1. The van der Waals surface area contributed by atoms with E-state index in [0.29, 0.717) is 22.5 Å². The maximum Gasteiger partial charge on any atom is 0.265 e. The second-order valence-electron chi connectivity index (χ2n) is 7.68. The summed E-state index contributed by atoms with van der Waals surface area (Å²) in [4.78, 5) is 24.5. The highest BCUT2D eigenvalue weighted by atomic mass is 32.2. The Morgan fingerprint density at radius 1 is 1.12 bits per heavy atom. The van der Waals surface area contributed by atoms with Crippen LogP contribution in [-0.2, 0) is 21.2 Å². The van der Waals surface area contributed by atoms with E-state index in [4.69, 9.17) is 4.74 Å². The van der Waals surface area contributed by atoms with Crippen LogP contribution in [0.25, 0.3) is 11.1 Å². The molecule has 9 nitrogen and oxygen atoms in total. The predicted molar refractivity (Wildman–Crippen MR) is 124 cm³/mol. The number of anilines is 2. The van der Waals surface area contributed by atoms with E-state index in [1.54, 1.807) is 25.1 Å². The van der Waals surface area contributed by atoms with E-state index in [0.717, 1.165) is 12.0 Å². The van der Waals surface area contributed by atoms with E-state index in [-0.39, 0.29) is 41.1 Å². The summed E-state index contributed by atoms with van der Waals surface area (Å²) in [5, 5.41) is 7.00. The maximum atomic E-state index is 13.3. The number of benzene rings is 2. The lowest BCUT2D eigenvalue weighted by Gasteiger charge is -2.14. The van der Waals surface area contributed by atoms with Gasteiger partial charge in [-0.3, -0.25) is 14.3 Å². The van der Waals surface area contributed by atoms with Crippen molar-refractivity contribution in [2.24, 2.45) is 0 Å². The number of carbonyl (C=O) groups is 2. The average Bonchev–Trinajstić information content (AvgIpc) is 3.05. The largest absolute Gasteiger partial charge is 0.495 e. The van der Waals surface area contributed by atoms with Gasteiger partial charge in [0.05, 0.1) is 12.8 Å². The molecule has 33 heavy (non-hydrogen) atoms. The fourth-order valence-electron chi connectivity index (χ4n) is 3.75. The number of rotatable bonds is 6. The van der Waals surface area contributed by atoms with Crippen molar-refractivity contribution in [2.75, 3.05) is 17.1 Å². The summed E-state index contributed by atoms with van der Waals surface area (Å²) in [5.41, 5.74) is 2.95. The molecule has 4 rings (SSSR count). The molecule has 0 radical (unpaired) electrons. The third-order valence-electron chi connectivity index (χ3n) is 5.48. The fourth-order valence-corrected chi connectivity index (χ4v) is 5.01. The Kier molecular flexibility index (Phi) is 5.94. The van der Waals surface area contributed by atoms with Gasteiger partial charge >= 0.3 is 0 Å². The number of amides is 1. The molecule has 0 spiro atoms. The minimum absolute atomic E-state index is 0.0440. The monoisotopic (exact) mass is 468 g/mol. The molecule has 3 aromatic rings. The van der Waals surface area contributed by atoms with Crippen LogP contribution in [0.15, 0.2) is 47.4 Å². The maximum absolute atomic E-state index is 13.3. The number of fused-ring (bicyclic) bond motifs is 1. The first-order valence-corrected chi connectivity index (χ1v) is 11.9. The zero-order valence-corrected chi connectivity index (χ0v) is 19.3. The van der Waals surface area contributed by atoms with E-state index in [1.807, 2.05) is 19.1 Å². The molecule has 0 saturated carbocycles. The van der Waals surface area contributed by atoms with Gasteiger partial charge in [-0.25, -0.2) is 8.42 Å². The summed E-state index contributed by atoms with van der Waals surface area (Å²) in [5.74, 6) is -0.220. The molecule has 1 aliphatic heterocycles. The number of aromatic nitrogens is 2. The van der Waals surface area contributed by atoms with Gasteiger partial charge in [-0.2, -0.15) is 9.78 Å². The molecule has 2 N–H and O–H groups in total. The molecule has 1 amide bonds. The number of hydrogen-bond donors (Lipinski definition) is 2. The third kappa shape index (κ3) is 4.34. The first-order chi connectivity index (χ1) is 15.7. The SMILES string of the molecule is CCc1ccc(NS(=O)(=O)c2cc(-c3c(C)nn4c3NC(=O)CCC4=O)ccc2OC)cc1. The quantitative estimate of drug-likeness (QED) is 0.570. The van der Waals surface area contributed by atoms with Crippen molar-refractivity contribution in [2.45, 2.75) is 38.0 Å². The van der Waals surface area contributed by atoms with Gasteiger partial charge in [-0.1, -0.05) is 25.1 Å². The van der Waals surface area contributed by atoms with Gasteiger partial charge in [0.2, 0.25) is 11.8 Å². The Morgan fingerprint density at radius 3 is 2.52 bits per heavy atom. The van der Waals surface area contributed by atoms with Crippen LogP contribution < -0.4 is 14.8 Å². The summed E-state index contributed by atoms with van der Waals surface area (Å²) in [6.45, 7) is 3.72. The molecular formula is C23H24N4O5S. The van der Waals surface area contributed by atoms with Gasteiger partial charge < -0.3 is 10.1 Å². The molecule has 0 unspecified atom stereocenters. The normalized spacial score (nSPS) is 13.8. The molecule has 1 aliphatic rings. The summed E-state index contributed by atoms with van der Waals surface area (Å²) in [7, 11) is -2.62. The van der Waals surface area contributed by atoms with E-state index >= 15 is 0 Å². The average molecular weight is 469 g/mol. The van der Waals surface area contributed by atoms with Crippen molar-refractivity contribution >= 4 is 33.3 Å². The predicted octanol–water partition coefficient (Wildman–Crippen LogP) is 3.60. The number of carbonyl (C=O) groups excluding carboxylic acids is 2. The standard InChI is InChI=1S/C23H24N4O5S/c1-4-15-5-8-17(9-6-15)26-33(30,31)19-13-16(7-10-18(19)32-3)22-14(2)25-27-21(29)12-11-20(28)24-23(22)27/h5-10,13,26H,4,11-12H2,1-3H3,(H,24,28). The summed E-state index contributed by atoms with van der Waals surface area (Å²) < 4.78 is 35.6. The van der Waals surface area contributed by atoms with Crippen molar-refractivity contribution in [1.82, 2.24) is 9.78 Å². The molecule has 0 fully saturated rings. The third-order valence-corrected chi connectivity index (χ3v) is 6.88. The Bertz CT molecular complexity index is 1340. The Hall–Kier alpha value is -3.66. The molecule has 2 heterocycles. The van der Waals surface area contributed by atoms with Crippen molar-refractivity contribution in [3.8, 4) is 16.9 Å². The lowest BCUT2D eigenvalue weighted by molar-refractivity contribution is -0.116. The summed E-state index contributed by atoms with van der Waals surface area (Å²) >= 11 is 0. The van der Waals surface area contributed by atoms with Crippen LogP contribution in [0.1, 0.15) is 35.8 Å². The molecular weight excluding hydrogens is 444 g/mol. The van der Waals surface area contributed by atoms with Gasteiger partial charge in [0.15, 0.2) is 0 Å². The number of hydrogen-bond acceptors (Lipinski definition) is 6. The van der Waals surface area contributed by atoms with E-state index in [1.165, 1.54) is 23.9 Å². The van der Waals surface area contributed by atoms with Gasteiger partial charge in [-0.05, 0) is 48.7 Å². The van der Waals surface area contributed by atoms with Crippen molar-refractivity contribution < 1.29 is 22.7 Å². The number of methoxy groups -OCH3 is 1. The second kappa shape index (κ2) is 8.70. The van der Waals surface area contributed by atoms with Crippen LogP contribution >= 0.6 is 0 Å². The van der Waals surface area contributed by atoms with Crippen molar-refractivity contribution in [1.29, 1.82) is 0 Å². The smallest absolute Gasteiger partial charge is 0.265 e. The van der Waals surface area contributed by atoms with Gasteiger partial charge in [0.1, 0.15) is 16.5 Å². The van der Waals surface area contributed by atoms with Crippen LogP contribution in [-0.4, -0.2) is 37.1 Å². The van der Waals surface area contributed by atoms with Gasteiger partial charge in [0, 0.05) is 24.1 Å². The minimum Gasteiger partial charge on any atom is -0.495 e. The Balaban J connectivity index is 1.80. The molecule has 1 aromatic heterocycles. The Morgan fingerprint density at radius 2 is 1.85 bits per heavy atom. The first-order valence-electron chi connectivity index (χ1n) is 10.5. The number of nitrogens with one attached hydrogen (secondary N) is 2. The van der Waals surface area contributed by atoms with Crippen LogP contribution in [0.5, 0.6) is 5.75 Å². The zero-order chi connectivity index (χ0) is 23.8. The molecule has 0 aliphatic carbocycles. The van der Waals surface area contributed by atoms with Crippen LogP contribution in [0, 0.1) is 6.92 Å². The van der Waals surface area contributed by atoms with E-state index < -0.39 is 10.0 Å². The Labute approximate surface area is 191 Å². The van der Waals surface area contributed by atoms with E-state index in [2.05, 4.69) is 15.1 Å². The van der Waals surface area contributed by atoms with Crippen LogP contribution in [0.3, 0.4) is 0 Å². The van der Waals surface area contributed by atoms with E-state index in [9.17, 15) is 18.0 Å². The highest BCUT2D eigenvalue weighted by Crippen LogP contribution is 2.37. The first kappa shape index (κ1) is 22.5. The molecule has 2 aromatic carbocycles. The molecule has 0 saturated heterocycles. The van der Waals surface area contributed by atoms with Crippen molar-refractivity contribution in [3.63, 3.8) is 0 Å². The highest BCUT2D eigenvalue weighted by Gasteiger charge is 2.28. The van der Waals surface area contributed by atoms with Crippen molar-refractivity contribution in [3.05, 3.63) is 53.7 Å². The highest BCUT2D eigenvalue weighted by molar-refractivity contribution is 7.92. The molecule has 0 bridgehead atoms. The fraction of sp³-hybridized carbons (Fsp3) is 0.261. The second-order valence-corrected chi connectivity index (χ2v) is 9.34. The lowest BCUT2D eigenvalue weighted by atomic mass is 10.1. The summed E-state index contributed by atoms with van der Waals surface area (Å²) in [6.07, 6.45) is 0.948.